The summed E-state index contributed by atoms with van der Waals surface area (Å²) in [5.41, 5.74) is 0.469. The van der Waals surface area contributed by atoms with Gasteiger partial charge in [0.2, 0.25) is 0 Å². The zero-order valence-corrected chi connectivity index (χ0v) is 10.1. The molecule has 2 rings (SSSR count). The topological polar surface area (TPSA) is 67.2 Å². The highest BCUT2D eigenvalue weighted by molar-refractivity contribution is 5.93. The van der Waals surface area contributed by atoms with Crippen LogP contribution in [0, 0.1) is 5.41 Å². The van der Waals surface area contributed by atoms with E-state index in [4.69, 9.17) is 0 Å². The van der Waals surface area contributed by atoms with E-state index in [0.29, 0.717) is 12.1 Å². The summed E-state index contributed by atoms with van der Waals surface area (Å²) in [6.45, 7) is 0.706. The maximum atomic E-state index is 11.8. The summed E-state index contributed by atoms with van der Waals surface area (Å²) >= 11 is 0. The van der Waals surface area contributed by atoms with Crippen molar-refractivity contribution in [2.24, 2.45) is 12.5 Å². The summed E-state index contributed by atoms with van der Waals surface area (Å²) in [7, 11) is 1.78. The van der Waals surface area contributed by atoms with Gasteiger partial charge >= 0.3 is 0 Å². The Balaban J connectivity index is 1.91. The molecule has 0 atom stereocenters. The predicted molar refractivity (Wildman–Crippen MR) is 63.5 cm³/mol. The number of aromatic nitrogens is 2. The van der Waals surface area contributed by atoms with Crippen LogP contribution in [0.15, 0.2) is 12.4 Å². The average molecular weight is 237 g/mol. The first-order valence-corrected chi connectivity index (χ1v) is 6.03. The molecule has 1 aliphatic carbocycles. The van der Waals surface area contributed by atoms with Crippen molar-refractivity contribution in [3.05, 3.63) is 18.0 Å². The van der Waals surface area contributed by atoms with E-state index in [1.165, 1.54) is 0 Å². The Labute approximate surface area is 101 Å². The molecule has 0 radical (unpaired) electrons. The van der Waals surface area contributed by atoms with Gasteiger partial charge in [0.05, 0.1) is 18.4 Å². The van der Waals surface area contributed by atoms with Crippen LogP contribution >= 0.6 is 0 Å². The number of hydrogen-bond acceptors (Lipinski definition) is 3. The van der Waals surface area contributed by atoms with Gasteiger partial charge in [0.25, 0.3) is 5.91 Å². The highest BCUT2D eigenvalue weighted by atomic mass is 16.3. The van der Waals surface area contributed by atoms with Crippen LogP contribution in [0.25, 0.3) is 0 Å². The minimum Gasteiger partial charge on any atom is -0.396 e. The standard InChI is InChI=1S/C12H19N3O2/c1-15-7-10(6-14-15)11(17)13-8-12(9-16)4-2-3-5-12/h6-7,16H,2-5,8-9H2,1H3,(H,13,17). The first kappa shape index (κ1) is 12.1. The molecule has 0 unspecified atom stereocenters. The van der Waals surface area contributed by atoms with Crippen LogP contribution in [-0.4, -0.2) is 33.9 Å². The van der Waals surface area contributed by atoms with Crippen LogP contribution in [-0.2, 0) is 7.05 Å². The van der Waals surface area contributed by atoms with E-state index in [9.17, 15) is 9.90 Å². The number of carbonyl (C=O) groups excluding carboxylic acids is 1. The van der Waals surface area contributed by atoms with Crippen LogP contribution < -0.4 is 5.32 Å². The van der Waals surface area contributed by atoms with Gasteiger partial charge in [0, 0.05) is 25.2 Å². The van der Waals surface area contributed by atoms with E-state index < -0.39 is 0 Å². The number of carbonyl (C=O) groups is 1. The molecule has 1 amide bonds. The number of hydrogen-bond donors (Lipinski definition) is 2. The Morgan fingerprint density at radius 3 is 2.82 bits per heavy atom. The maximum absolute atomic E-state index is 11.8. The van der Waals surface area contributed by atoms with E-state index >= 15 is 0 Å². The Bertz CT molecular complexity index is 394. The van der Waals surface area contributed by atoms with Crippen molar-refractivity contribution < 1.29 is 9.90 Å². The fraction of sp³-hybridized carbons (Fsp3) is 0.667. The summed E-state index contributed by atoms with van der Waals surface area (Å²) in [5, 5.41) is 16.3. The molecule has 1 aromatic heterocycles. The van der Waals surface area contributed by atoms with Gasteiger partial charge in [-0.1, -0.05) is 12.8 Å². The van der Waals surface area contributed by atoms with Gasteiger partial charge in [-0.2, -0.15) is 5.10 Å². The largest absolute Gasteiger partial charge is 0.396 e. The van der Waals surface area contributed by atoms with Crippen LogP contribution in [0.4, 0.5) is 0 Å². The normalized spacial score (nSPS) is 18.2. The molecule has 2 N–H and O–H groups in total. The molecule has 0 saturated heterocycles. The van der Waals surface area contributed by atoms with Crippen LogP contribution in [0.3, 0.4) is 0 Å². The Kier molecular flexibility index (Phi) is 3.47. The zero-order chi connectivity index (χ0) is 12.3. The summed E-state index contributed by atoms with van der Waals surface area (Å²) in [6.07, 6.45) is 7.52. The molecule has 1 fully saturated rings. The molecule has 0 aliphatic heterocycles. The monoisotopic (exact) mass is 237 g/mol. The van der Waals surface area contributed by atoms with E-state index in [0.717, 1.165) is 25.7 Å². The minimum atomic E-state index is -0.113. The van der Waals surface area contributed by atoms with Gasteiger partial charge in [-0.05, 0) is 12.8 Å². The second-order valence-electron chi connectivity index (χ2n) is 4.95. The molecule has 17 heavy (non-hydrogen) atoms. The molecule has 5 heteroatoms. The summed E-state index contributed by atoms with van der Waals surface area (Å²) < 4.78 is 1.60. The molecule has 94 valence electrons. The fourth-order valence-electron chi connectivity index (χ4n) is 2.42. The summed E-state index contributed by atoms with van der Waals surface area (Å²) in [6, 6.07) is 0. The second kappa shape index (κ2) is 4.87. The number of nitrogens with one attached hydrogen (secondary N) is 1. The quantitative estimate of drug-likeness (QED) is 0.810. The second-order valence-corrected chi connectivity index (χ2v) is 4.95. The molecule has 1 aliphatic rings. The van der Waals surface area contributed by atoms with E-state index in [-0.39, 0.29) is 17.9 Å². The van der Waals surface area contributed by atoms with E-state index in [1.807, 2.05) is 0 Å². The van der Waals surface area contributed by atoms with Gasteiger partial charge in [0.1, 0.15) is 0 Å². The van der Waals surface area contributed by atoms with Gasteiger partial charge in [0.15, 0.2) is 0 Å². The third-order valence-electron chi connectivity index (χ3n) is 3.59. The fourth-order valence-corrected chi connectivity index (χ4v) is 2.42. The SMILES string of the molecule is Cn1cc(C(=O)NCC2(CO)CCCC2)cn1. The highest BCUT2D eigenvalue weighted by Crippen LogP contribution is 2.36. The molecule has 1 aromatic rings. The lowest BCUT2D eigenvalue weighted by Crippen LogP contribution is -2.38. The first-order chi connectivity index (χ1) is 8.15. The molecule has 0 aromatic carbocycles. The zero-order valence-electron chi connectivity index (χ0n) is 10.1. The van der Waals surface area contributed by atoms with Crippen molar-refractivity contribution in [2.75, 3.05) is 13.2 Å². The molecular weight excluding hydrogens is 218 g/mol. The Hall–Kier alpha value is -1.36. The molecule has 0 bridgehead atoms. The number of aryl methyl sites for hydroxylation is 1. The van der Waals surface area contributed by atoms with Crippen molar-refractivity contribution in [1.29, 1.82) is 0 Å². The number of amides is 1. The van der Waals surface area contributed by atoms with Crippen LogP contribution in [0.5, 0.6) is 0 Å². The molecule has 1 heterocycles. The first-order valence-electron chi connectivity index (χ1n) is 6.03. The van der Waals surface area contributed by atoms with Gasteiger partial charge in [-0.15, -0.1) is 0 Å². The number of rotatable bonds is 4. The maximum Gasteiger partial charge on any atom is 0.254 e. The van der Waals surface area contributed by atoms with Crippen molar-refractivity contribution >= 4 is 5.91 Å². The van der Waals surface area contributed by atoms with Crippen molar-refractivity contribution in [1.82, 2.24) is 15.1 Å². The van der Waals surface area contributed by atoms with Crippen LogP contribution in [0.1, 0.15) is 36.0 Å². The van der Waals surface area contributed by atoms with Gasteiger partial charge in [-0.25, -0.2) is 0 Å². The summed E-state index contributed by atoms with van der Waals surface area (Å²) in [5.74, 6) is -0.113. The number of nitrogens with zero attached hydrogens (tertiary/aromatic N) is 2. The third-order valence-corrected chi connectivity index (χ3v) is 3.59. The predicted octanol–water partition coefficient (Wildman–Crippen LogP) is 0.703. The van der Waals surface area contributed by atoms with Gasteiger partial charge < -0.3 is 10.4 Å². The lowest BCUT2D eigenvalue weighted by atomic mass is 9.87. The average Bonchev–Trinajstić information content (AvgIpc) is 2.95. The molecule has 0 spiro atoms. The van der Waals surface area contributed by atoms with Crippen LogP contribution in [0.2, 0.25) is 0 Å². The molecule has 5 nitrogen and oxygen atoms in total. The Morgan fingerprint density at radius 1 is 1.59 bits per heavy atom. The smallest absolute Gasteiger partial charge is 0.254 e. The lowest BCUT2D eigenvalue weighted by Gasteiger charge is -2.26. The van der Waals surface area contributed by atoms with Crippen molar-refractivity contribution in [2.45, 2.75) is 25.7 Å². The summed E-state index contributed by atoms with van der Waals surface area (Å²) in [4.78, 5) is 11.8. The minimum absolute atomic E-state index is 0.0993. The molecular formula is C12H19N3O2. The third kappa shape index (κ3) is 2.66. The highest BCUT2D eigenvalue weighted by Gasteiger charge is 2.33. The van der Waals surface area contributed by atoms with Gasteiger partial charge in [-0.3, -0.25) is 9.48 Å². The molecule has 1 saturated carbocycles. The van der Waals surface area contributed by atoms with E-state index in [2.05, 4.69) is 10.4 Å². The number of aliphatic hydroxyl groups excluding tert-OH is 1. The van der Waals surface area contributed by atoms with E-state index in [1.54, 1.807) is 24.1 Å². The van der Waals surface area contributed by atoms with Crippen molar-refractivity contribution in [3.63, 3.8) is 0 Å². The Morgan fingerprint density at radius 2 is 2.29 bits per heavy atom. The van der Waals surface area contributed by atoms with Crippen molar-refractivity contribution in [3.8, 4) is 0 Å². The lowest BCUT2D eigenvalue weighted by molar-refractivity contribution is 0.0880. The number of aliphatic hydroxyl groups is 1.